The molecule has 1 aromatic rings. The van der Waals surface area contributed by atoms with Crippen molar-refractivity contribution in [3.8, 4) is 0 Å². The van der Waals surface area contributed by atoms with Gasteiger partial charge in [0.15, 0.2) is 0 Å². The summed E-state index contributed by atoms with van der Waals surface area (Å²) in [5.74, 6) is 0. The van der Waals surface area contributed by atoms with Gasteiger partial charge < -0.3 is 4.90 Å². The lowest BCUT2D eigenvalue weighted by Gasteiger charge is -2.36. The average Bonchev–Trinajstić information content (AvgIpc) is 3.27. The Morgan fingerprint density at radius 2 is 1.44 bits per heavy atom. The Labute approximate surface area is 112 Å². The highest BCUT2D eigenvalue weighted by molar-refractivity contribution is 5.47. The first-order valence-electron chi connectivity index (χ1n) is 7.38. The highest BCUT2D eigenvalue weighted by Gasteiger charge is 2.31. The van der Waals surface area contributed by atoms with Crippen LogP contribution < -0.4 is 4.90 Å². The number of piperazine rings is 1. The van der Waals surface area contributed by atoms with Gasteiger partial charge in [-0.05, 0) is 31.9 Å². The van der Waals surface area contributed by atoms with Crippen LogP contribution in [-0.2, 0) is 0 Å². The molecule has 1 aromatic carbocycles. The molecule has 18 heavy (non-hydrogen) atoms. The molecule has 2 nitrogen and oxygen atoms in total. The van der Waals surface area contributed by atoms with Gasteiger partial charge in [0.05, 0.1) is 0 Å². The van der Waals surface area contributed by atoms with E-state index in [0.29, 0.717) is 0 Å². The minimum Gasteiger partial charge on any atom is -0.369 e. The molecule has 0 radical (unpaired) electrons. The molecule has 0 atom stereocenters. The molecule has 1 aliphatic heterocycles. The zero-order chi connectivity index (χ0) is 13.0. The standard InChI is InChI=1S/C14H20N2.C2H6/c1-12-2-4-13(5-3-12)15-8-10-16(11-9-15)14-6-7-14;1-2/h2-5,14H,6-11H2,1H3;1-2H3. The first-order valence-corrected chi connectivity index (χ1v) is 7.38. The van der Waals surface area contributed by atoms with Crippen molar-refractivity contribution in [2.45, 2.75) is 39.7 Å². The van der Waals surface area contributed by atoms with Gasteiger partial charge in [-0.15, -0.1) is 0 Å². The van der Waals surface area contributed by atoms with Gasteiger partial charge in [-0.2, -0.15) is 0 Å². The van der Waals surface area contributed by atoms with Gasteiger partial charge >= 0.3 is 0 Å². The topological polar surface area (TPSA) is 6.48 Å². The van der Waals surface area contributed by atoms with Gasteiger partial charge in [-0.25, -0.2) is 0 Å². The normalized spacial score (nSPS) is 20.3. The van der Waals surface area contributed by atoms with E-state index in [1.54, 1.807) is 0 Å². The zero-order valence-corrected chi connectivity index (χ0v) is 12.0. The molecule has 2 heteroatoms. The molecule has 100 valence electrons. The van der Waals surface area contributed by atoms with Crippen LogP contribution in [0, 0.1) is 6.92 Å². The number of hydrogen-bond acceptors (Lipinski definition) is 2. The number of hydrogen-bond donors (Lipinski definition) is 0. The summed E-state index contributed by atoms with van der Waals surface area (Å²) in [5, 5.41) is 0. The summed E-state index contributed by atoms with van der Waals surface area (Å²) in [7, 11) is 0. The van der Waals surface area contributed by atoms with Crippen LogP contribution in [0.25, 0.3) is 0 Å². The van der Waals surface area contributed by atoms with Gasteiger partial charge in [-0.3, -0.25) is 4.90 Å². The van der Waals surface area contributed by atoms with Crippen molar-refractivity contribution in [2.75, 3.05) is 31.1 Å². The second-order valence-electron chi connectivity index (χ2n) is 5.09. The highest BCUT2D eigenvalue weighted by Crippen LogP contribution is 2.28. The fourth-order valence-electron chi connectivity index (χ4n) is 2.54. The monoisotopic (exact) mass is 246 g/mol. The molecule has 0 aromatic heterocycles. The largest absolute Gasteiger partial charge is 0.369 e. The molecule has 1 saturated carbocycles. The number of rotatable bonds is 2. The quantitative estimate of drug-likeness (QED) is 0.790. The van der Waals surface area contributed by atoms with Crippen LogP contribution in [0.3, 0.4) is 0 Å². The zero-order valence-electron chi connectivity index (χ0n) is 12.0. The van der Waals surface area contributed by atoms with Crippen LogP contribution in [0.2, 0.25) is 0 Å². The van der Waals surface area contributed by atoms with Crippen molar-refractivity contribution in [3.63, 3.8) is 0 Å². The van der Waals surface area contributed by atoms with E-state index in [-0.39, 0.29) is 0 Å². The minimum atomic E-state index is 0.931. The van der Waals surface area contributed by atoms with Crippen LogP contribution in [-0.4, -0.2) is 37.1 Å². The Hall–Kier alpha value is -1.02. The van der Waals surface area contributed by atoms with Crippen molar-refractivity contribution >= 4 is 5.69 Å². The third-order valence-corrected chi connectivity index (χ3v) is 3.78. The molecule has 1 aliphatic carbocycles. The number of anilines is 1. The molecule has 2 aliphatic rings. The van der Waals surface area contributed by atoms with Gasteiger partial charge in [0.1, 0.15) is 0 Å². The molecule has 2 fully saturated rings. The summed E-state index contributed by atoms with van der Waals surface area (Å²) in [6, 6.07) is 9.86. The summed E-state index contributed by atoms with van der Waals surface area (Å²) >= 11 is 0. The smallest absolute Gasteiger partial charge is 0.0367 e. The van der Waals surface area contributed by atoms with Crippen LogP contribution in [0.4, 0.5) is 5.69 Å². The fraction of sp³-hybridized carbons (Fsp3) is 0.625. The lowest BCUT2D eigenvalue weighted by atomic mass is 10.2. The van der Waals surface area contributed by atoms with E-state index in [9.17, 15) is 0 Å². The Kier molecular flexibility index (Phi) is 4.65. The fourth-order valence-corrected chi connectivity index (χ4v) is 2.54. The summed E-state index contributed by atoms with van der Waals surface area (Å²) in [5.41, 5.74) is 2.74. The average molecular weight is 246 g/mol. The SMILES string of the molecule is CC.Cc1ccc(N2CCN(C3CC3)CC2)cc1. The summed E-state index contributed by atoms with van der Waals surface area (Å²) < 4.78 is 0. The molecule has 0 amide bonds. The number of aryl methyl sites for hydroxylation is 1. The molecule has 0 N–H and O–H groups in total. The van der Waals surface area contributed by atoms with E-state index >= 15 is 0 Å². The Balaban J connectivity index is 0.000000574. The van der Waals surface area contributed by atoms with Gasteiger partial charge in [-0.1, -0.05) is 31.5 Å². The van der Waals surface area contributed by atoms with E-state index < -0.39 is 0 Å². The molecule has 0 bridgehead atoms. The second kappa shape index (κ2) is 6.24. The molecule has 0 spiro atoms. The van der Waals surface area contributed by atoms with Crippen LogP contribution in [0.5, 0.6) is 0 Å². The Morgan fingerprint density at radius 3 is 1.94 bits per heavy atom. The summed E-state index contributed by atoms with van der Waals surface area (Å²) in [4.78, 5) is 5.17. The van der Waals surface area contributed by atoms with Crippen molar-refractivity contribution in [3.05, 3.63) is 29.8 Å². The van der Waals surface area contributed by atoms with Gasteiger partial charge in [0.25, 0.3) is 0 Å². The van der Waals surface area contributed by atoms with E-state index in [1.165, 1.54) is 50.3 Å². The van der Waals surface area contributed by atoms with E-state index in [4.69, 9.17) is 0 Å². The maximum absolute atomic E-state index is 2.66. The van der Waals surface area contributed by atoms with Crippen molar-refractivity contribution in [2.24, 2.45) is 0 Å². The molecule has 1 saturated heterocycles. The van der Waals surface area contributed by atoms with Crippen molar-refractivity contribution in [1.82, 2.24) is 4.90 Å². The van der Waals surface area contributed by atoms with E-state index in [2.05, 4.69) is 41.0 Å². The Morgan fingerprint density at radius 1 is 0.889 bits per heavy atom. The van der Waals surface area contributed by atoms with E-state index in [1.807, 2.05) is 13.8 Å². The molecular formula is C16H26N2. The lowest BCUT2D eigenvalue weighted by molar-refractivity contribution is 0.248. The molecular weight excluding hydrogens is 220 g/mol. The maximum Gasteiger partial charge on any atom is 0.0367 e. The maximum atomic E-state index is 2.66. The van der Waals surface area contributed by atoms with Gasteiger partial charge in [0, 0.05) is 37.9 Å². The predicted octanol–water partition coefficient (Wildman–Crippen LogP) is 3.31. The van der Waals surface area contributed by atoms with Crippen LogP contribution >= 0.6 is 0 Å². The van der Waals surface area contributed by atoms with Crippen molar-refractivity contribution < 1.29 is 0 Å². The third-order valence-electron chi connectivity index (χ3n) is 3.78. The molecule has 3 rings (SSSR count). The first-order chi connectivity index (χ1) is 8.83. The molecule has 0 unspecified atom stereocenters. The number of nitrogens with zero attached hydrogens (tertiary/aromatic N) is 2. The lowest BCUT2D eigenvalue weighted by Crippen LogP contribution is -2.47. The Bertz CT molecular complexity index is 346. The van der Waals surface area contributed by atoms with Crippen LogP contribution in [0.1, 0.15) is 32.3 Å². The third kappa shape index (κ3) is 3.26. The summed E-state index contributed by atoms with van der Waals surface area (Å²) in [6.07, 6.45) is 2.87. The minimum absolute atomic E-state index is 0.931. The van der Waals surface area contributed by atoms with Crippen LogP contribution in [0.15, 0.2) is 24.3 Å². The second-order valence-corrected chi connectivity index (χ2v) is 5.09. The van der Waals surface area contributed by atoms with Gasteiger partial charge in [0.2, 0.25) is 0 Å². The van der Waals surface area contributed by atoms with Crippen molar-refractivity contribution in [1.29, 1.82) is 0 Å². The van der Waals surface area contributed by atoms with E-state index in [0.717, 1.165) is 6.04 Å². The predicted molar refractivity (Wildman–Crippen MR) is 79.3 cm³/mol. The first kappa shape index (κ1) is 13.4. The molecule has 1 heterocycles. The number of benzene rings is 1. The highest BCUT2D eigenvalue weighted by atomic mass is 15.3. The summed E-state index contributed by atoms with van der Waals surface area (Å²) in [6.45, 7) is 11.0.